The Balaban J connectivity index is 1.83. The summed E-state index contributed by atoms with van der Waals surface area (Å²) in [5, 5.41) is 2.85. The normalized spacial score (nSPS) is 11.3. The van der Waals surface area contributed by atoms with Crippen LogP contribution in [0.25, 0.3) is 0 Å². The highest BCUT2D eigenvalue weighted by molar-refractivity contribution is 9.10. The molecule has 5 nitrogen and oxygen atoms in total. The number of hydrogen-bond acceptors (Lipinski definition) is 3. The van der Waals surface area contributed by atoms with Crippen molar-refractivity contribution in [2.45, 2.75) is 17.9 Å². The molecule has 0 atom stereocenters. The first-order valence-electron chi connectivity index (χ1n) is 7.24. The fraction of sp³-hybridized carbons (Fsp3) is 0.188. The van der Waals surface area contributed by atoms with Crippen LogP contribution in [0.15, 0.2) is 51.8 Å². The van der Waals surface area contributed by atoms with Gasteiger partial charge in [-0.1, -0.05) is 33.6 Å². The Hall–Kier alpha value is -1.48. The van der Waals surface area contributed by atoms with E-state index in [4.69, 9.17) is 11.6 Å². The van der Waals surface area contributed by atoms with Crippen LogP contribution >= 0.6 is 27.5 Å². The van der Waals surface area contributed by atoms with Crippen LogP contribution in [-0.4, -0.2) is 20.9 Å². The molecule has 0 fully saturated rings. The highest BCUT2D eigenvalue weighted by Crippen LogP contribution is 2.16. The zero-order valence-corrected chi connectivity index (χ0v) is 16.1. The van der Waals surface area contributed by atoms with E-state index in [9.17, 15) is 17.6 Å². The van der Waals surface area contributed by atoms with Crippen molar-refractivity contribution in [2.24, 2.45) is 0 Å². The second-order valence-corrected chi connectivity index (χ2v) is 8.24. The summed E-state index contributed by atoms with van der Waals surface area (Å²) < 4.78 is 40.7. The molecule has 0 aromatic heterocycles. The minimum Gasteiger partial charge on any atom is -0.352 e. The lowest BCUT2D eigenvalue weighted by Crippen LogP contribution is -2.30. The quantitative estimate of drug-likeness (QED) is 0.681. The van der Waals surface area contributed by atoms with E-state index in [1.54, 1.807) is 18.2 Å². The standard InChI is InChI=1S/C16H15BrClFN2O3S/c17-12-4-5-15(19)11(8-12)10-20-16(22)6-7-21-25(23,24)14-3-1-2-13(18)9-14/h1-5,8-9,21H,6-7,10H2,(H,20,22). The van der Waals surface area contributed by atoms with Crippen LogP contribution in [0.3, 0.4) is 0 Å². The molecule has 134 valence electrons. The first kappa shape index (κ1) is 19.8. The maximum Gasteiger partial charge on any atom is 0.240 e. The van der Waals surface area contributed by atoms with Gasteiger partial charge in [0.15, 0.2) is 0 Å². The van der Waals surface area contributed by atoms with Crippen LogP contribution < -0.4 is 10.0 Å². The fourth-order valence-corrected chi connectivity index (χ4v) is 3.72. The van der Waals surface area contributed by atoms with Crippen molar-refractivity contribution < 1.29 is 17.6 Å². The Morgan fingerprint density at radius 2 is 1.96 bits per heavy atom. The van der Waals surface area contributed by atoms with Gasteiger partial charge < -0.3 is 5.32 Å². The van der Waals surface area contributed by atoms with Gasteiger partial charge in [-0.25, -0.2) is 17.5 Å². The molecule has 0 aliphatic heterocycles. The molecule has 2 aromatic carbocycles. The number of carbonyl (C=O) groups is 1. The summed E-state index contributed by atoms with van der Waals surface area (Å²) >= 11 is 9.00. The highest BCUT2D eigenvalue weighted by atomic mass is 79.9. The van der Waals surface area contributed by atoms with E-state index in [1.807, 2.05) is 0 Å². The number of nitrogens with one attached hydrogen (secondary N) is 2. The molecule has 0 unspecified atom stereocenters. The van der Waals surface area contributed by atoms with Crippen LogP contribution in [-0.2, 0) is 21.4 Å². The lowest BCUT2D eigenvalue weighted by Gasteiger charge is -2.09. The predicted octanol–water partition coefficient (Wildman–Crippen LogP) is 3.23. The molecule has 0 radical (unpaired) electrons. The Labute approximate surface area is 158 Å². The van der Waals surface area contributed by atoms with Crippen molar-refractivity contribution in [1.82, 2.24) is 10.0 Å². The van der Waals surface area contributed by atoms with Gasteiger partial charge in [-0.15, -0.1) is 0 Å². The topological polar surface area (TPSA) is 75.3 Å². The molecular formula is C16H15BrClFN2O3S. The molecule has 0 bridgehead atoms. The molecule has 0 saturated carbocycles. The number of carbonyl (C=O) groups excluding carboxylic acids is 1. The third kappa shape index (κ3) is 6.07. The minimum atomic E-state index is -3.74. The summed E-state index contributed by atoms with van der Waals surface area (Å²) in [7, 11) is -3.74. The molecule has 0 spiro atoms. The second kappa shape index (κ2) is 8.75. The Kier molecular flexibility index (Phi) is 6.95. The first-order chi connectivity index (χ1) is 11.8. The molecule has 9 heteroatoms. The summed E-state index contributed by atoms with van der Waals surface area (Å²) in [5.74, 6) is -0.821. The molecule has 25 heavy (non-hydrogen) atoms. The van der Waals surface area contributed by atoms with Gasteiger partial charge >= 0.3 is 0 Å². The van der Waals surface area contributed by atoms with Crippen molar-refractivity contribution in [3.63, 3.8) is 0 Å². The van der Waals surface area contributed by atoms with Crippen LogP contribution in [0, 0.1) is 5.82 Å². The SMILES string of the molecule is O=C(CCNS(=O)(=O)c1cccc(Cl)c1)NCc1cc(Br)ccc1F. The molecule has 1 amide bonds. The first-order valence-corrected chi connectivity index (χ1v) is 9.89. The zero-order chi connectivity index (χ0) is 18.4. The number of benzene rings is 2. The molecule has 0 aliphatic carbocycles. The monoisotopic (exact) mass is 448 g/mol. The number of sulfonamides is 1. The summed E-state index contributed by atoms with van der Waals surface area (Å²) in [5.41, 5.74) is 0.335. The fourth-order valence-electron chi connectivity index (χ4n) is 1.98. The maximum absolute atomic E-state index is 13.6. The van der Waals surface area contributed by atoms with Crippen molar-refractivity contribution in [1.29, 1.82) is 0 Å². The van der Waals surface area contributed by atoms with Crippen LogP contribution in [0.1, 0.15) is 12.0 Å². The van der Waals surface area contributed by atoms with E-state index in [2.05, 4.69) is 26.0 Å². The van der Waals surface area contributed by atoms with Crippen molar-refractivity contribution in [3.05, 3.63) is 63.3 Å². The van der Waals surface area contributed by atoms with Gasteiger partial charge in [-0.05, 0) is 36.4 Å². The van der Waals surface area contributed by atoms with E-state index < -0.39 is 21.7 Å². The van der Waals surface area contributed by atoms with Crippen molar-refractivity contribution in [2.75, 3.05) is 6.54 Å². The molecular weight excluding hydrogens is 435 g/mol. The molecule has 0 saturated heterocycles. The lowest BCUT2D eigenvalue weighted by atomic mass is 10.2. The number of rotatable bonds is 7. The van der Waals surface area contributed by atoms with Gasteiger partial charge in [0.25, 0.3) is 0 Å². The maximum atomic E-state index is 13.6. The minimum absolute atomic E-state index is 0.0190. The van der Waals surface area contributed by atoms with Gasteiger partial charge in [0.05, 0.1) is 4.90 Å². The predicted molar refractivity (Wildman–Crippen MR) is 97.2 cm³/mol. The van der Waals surface area contributed by atoms with Gasteiger partial charge in [-0.2, -0.15) is 0 Å². The van der Waals surface area contributed by atoms with Gasteiger partial charge in [0, 0.05) is 34.6 Å². The number of amides is 1. The zero-order valence-electron chi connectivity index (χ0n) is 12.9. The Morgan fingerprint density at radius 1 is 1.20 bits per heavy atom. The van der Waals surface area contributed by atoms with E-state index in [0.29, 0.717) is 15.1 Å². The van der Waals surface area contributed by atoms with Crippen molar-refractivity contribution >= 4 is 43.5 Å². The smallest absolute Gasteiger partial charge is 0.240 e. The summed E-state index contributed by atoms with van der Waals surface area (Å²) in [4.78, 5) is 11.8. The van der Waals surface area contributed by atoms with E-state index in [1.165, 1.54) is 24.3 Å². The Morgan fingerprint density at radius 3 is 2.68 bits per heavy atom. The second-order valence-electron chi connectivity index (χ2n) is 5.12. The third-order valence-corrected chi connectivity index (χ3v) is 5.42. The largest absolute Gasteiger partial charge is 0.352 e. The average Bonchev–Trinajstić information content (AvgIpc) is 2.55. The molecule has 0 heterocycles. The van der Waals surface area contributed by atoms with E-state index >= 15 is 0 Å². The number of hydrogen-bond donors (Lipinski definition) is 2. The van der Waals surface area contributed by atoms with Gasteiger partial charge in [0.1, 0.15) is 5.82 Å². The summed E-state index contributed by atoms with van der Waals surface area (Å²) in [6.45, 7) is -0.0627. The van der Waals surface area contributed by atoms with Gasteiger partial charge in [-0.3, -0.25) is 4.79 Å². The lowest BCUT2D eigenvalue weighted by molar-refractivity contribution is -0.121. The summed E-state index contributed by atoms with van der Waals surface area (Å²) in [6.07, 6.45) is -0.0740. The van der Waals surface area contributed by atoms with Crippen molar-refractivity contribution in [3.8, 4) is 0 Å². The average molecular weight is 450 g/mol. The van der Waals surface area contributed by atoms with E-state index in [-0.39, 0.29) is 24.4 Å². The molecule has 2 rings (SSSR count). The summed E-state index contributed by atoms with van der Waals surface area (Å²) in [6, 6.07) is 10.2. The Bertz CT molecular complexity index is 877. The van der Waals surface area contributed by atoms with Crippen LogP contribution in [0.4, 0.5) is 4.39 Å². The molecule has 2 aromatic rings. The van der Waals surface area contributed by atoms with Gasteiger partial charge in [0.2, 0.25) is 15.9 Å². The third-order valence-electron chi connectivity index (χ3n) is 3.23. The highest BCUT2D eigenvalue weighted by Gasteiger charge is 2.14. The van der Waals surface area contributed by atoms with Crippen LogP contribution in [0.2, 0.25) is 5.02 Å². The number of halogens is 3. The molecule has 0 aliphatic rings. The van der Waals surface area contributed by atoms with Crippen LogP contribution in [0.5, 0.6) is 0 Å². The van der Waals surface area contributed by atoms with E-state index in [0.717, 1.165) is 0 Å². The molecule has 2 N–H and O–H groups in total.